The monoisotopic (exact) mass is 224 g/mol. The molecule has 15 heavy (non-hydrogen) atoms. The summed E-state index contributed by atoms with van der Waals surface area (Å²) in [7, 11) is 0. The van der Waals surface area contributed by atoms with Crippen molar-refractivity contribution in [3.8, 4) is 0 Å². The maximum Gasteiger partial charge on any atom is 0.335 e. The fraction of sp³-hybridized carbons (Fsp3) is 0.417. The van der Waals surface area contributed by atoms with Gasteiger partial charge in [-0.1, -0.05) is 26.8 Å². The number of carbonyl (C=O) groups is 1. The summed E-state index contributed by atoms with van der Waals surface area (Å²) in [6.07, 6.45) is 1.05. The van der Waals surface area contributed by atoms with E-state index < -0.39 is 5.97 Å². The normalized spacial score (nSPS) is 11.4. The van der Waals surface area contributed by atoms with E-state index in [4.69, 9.17) is 5.11 Å². The highest BCUT2D eigenvalue weighted by Gasteiger charge is 2.17. The second-order valence-electron chi connectivity index (χ2n) is 4.05. The number of benzene rings is 1. The van der Waals surface area contributed by atoms with Gasteiger partial charge in [-0.25, -0.2) is 4.79 Å². The summed E-state index contributed by atoms with van der Waals surface area (Å²) >= 11 is 1.71. The van der Waals surface area contributed by atoms with E-state index in [0.717, 1.165) is 11.3 Å². The summed E-state index contributed by atoms with van der Waals surface area (Å²) < 4.78 is 0.150. The lowest BCUT2D eigenvalue weighted by Gasteiger charge is -2.21. The smallest absolute Gasteiger partial charge is 0.335 e. The molecule has 0 aromatic heterocycles. The molecule has 82 valence electrons. The van der Waals surface area contributed by atoms with Gasteiger partial charge in [0.05, 0.1) is 5.56 Å². The quantitative estimate of drug-likeness (QED) is 0.793. The van der Waals surface area contributed by atoms with E-state index in [1.807, 2.05) is 6.07 Å². The predicted octanol–water partition coefficient (Wildman–Crippen LogP) is 3.67. The Hall–Kier alpha value is -0.960. The second-order valence-corrected chi connectivity index (χ2v) is 5.83. The van der Waals surface area contributed by atoms with Crippen molar-refractivity contribution in [2.75, 3.05) is 0 Å². The molecule has 0 saturated carbocycles. The molecule has 0 aliphatic heterocycles. The van der Waals surface area contributed by atoms with Crippen LogP contribution in [0.3, 0.4) is 0 Å². The lowest BCUT2D eigenvalue weighted by molar-refractivity contribution is 0.0696. The Bertz CT molecular complexity index is 358. The van der Waals surface area contributed by atoms with E-state index in [9.17, 15) is 4.79 Å². The maximum atomic E-state index is 10.8. The zero-order chi connectivity index (χ0) is 11.5. The van der Waals surface area contributed by atoms with Crippen LogP contribution >= 0.6 is 11.8 Å². The Morgan fingerprint density at radius 2 is 2.13 bits per heavy atom. The lowest BCUT2D eigenvalue weighted by atomic mass is 10.1. The van der Waals surface area contributed by atoms with Gasteiger partial charge in [0, 0.05) is 9.64 Å². The van der Waals surface area contributed by atoms with Crippen LogP contribution in [-0.2, 0) is 0 Å². The first-order valence-corrected chi connectivity index (χ1v) is 5.78. The van der Waals surface area contributed by atoms with Crippen LogP contribution < -0.4 is 0 Å². The minimum Gasteiger partial charge on any atom is -0.478 e. The van der Waals surface area contributed by atoms with Gasteiger partial charge < -0.3 is 5.11 Å². The molecule has 0 spiro atoms. The molecule has 1 rings (SSSR count). The van der Waals surface area contributed by atoms with Crippen LogP contribution in [0.2, 0.25) is 0 Å². The molecule has 2 nitrogen and oxygen atoms in total. The van der Waals surface area contributed by atoms with Crippen molar-refractivity contribution in [3.63, 3.8) is 0 Å². The van der Waals surface area contributed by atoms with Gasteiger partial charge >= 0.3 is 5.97 Å². The van der Waals surface area contributed by atoms with E-state index in [1.165, 1.54) is 0 Å². The molecule has 0 amide bonds. The largest absolute Gasteiger partial charge is 0.478 e. The Morgan fingerprint density at radius 3 is 2.67 bits per heavy atom. The Labute approximate surface area is 94.7 Å². The molecule has 0 atom stereocenters. The standard InChI is InChI=1S/C12H16O2S/c1-4-12(2,3)15-10-7-5-6-9(8-10)11(13)14/h5-8H,4H2,1-3H3,(H,13,14). The first-order valence-electron chi connectivity index (χ1n) is 4.97. The first-order chi connectivity index (χ1) is 6.94. The zero-order valence-electron chi connectivity index (χ0n) is 9.28. The molecule has 1 aromatic rings. The molecular formula is C12H16O2S. The molecule has 0 aliphatic carbocycles. The summed E-state index contributed by atoms with van der Waals surface area (Å²) in [6.45, 7) is 6.45. The summed E-state index contributed by atoms with van der Waals surface area (Å²) in [4.78, 5) is 11.8. The number of carboxylic acids is 1. The molecule has 0 unspecified atom stereocenters. The molecule has 3 heteroatoms. The van der Waals surface area contributed by atoms with Crippen molar-refractivity contribution in [1.29, 1.82) is 0 Å². The Kier molecular flexibility index (Phi) is 3.80. The van der Waals surface area contributed by atoms with Gasteiger partial charge in [-0.3, -0.25) is 0 Å². The third-order valence-corrected chi connectivity index (χ3v) is 3.66. The molecule has 0 bridgehead atoms. The van der Waals surface area contributed by atoms with Gasteiger partial charge in [-0.2, -0.15) is 0 Å². The molecular weight excluding hydrogens is 208 g/mol. The fourth-order valence-electron chi connectivity index (χ4n) is 1.08. The average molecular weight is 224 g/mol. The highest BCUT2D eigenvalue weighted by molar-refractivity contribution is 8.00. The lowest BCUT2D eigenvalue weighted by Crippen LogP contribution is -2.12. The van der Waals surface area contributed by atoms with Gasteiger partial charge in [0.15, 0.2) is 0 Å². The highest BCUT2D eigenvalue weighted by Crippen LogP contribution is 2.34. The van der Waals surface area contributed by atoms with Crippen LogP contribution in [0.5, 0.6) is 0 Å². The van der Waals surface area contributed by atoms with Gasteiger partial charge in [-0.05, 0) is 24.6 Å². The molecule has 0 saturated heterocycles. The minimum absolute atomic E-state index is 0.150. The topological polar surface area (TPSA) is 37.3 Å². The number of rotatable bonds is 4. The van der Waals surface area contributed by atoms with Crippen LogP contribution in [0.25, 0.3) is 0 Å². The highest BCUT2D eigenvalue weighted by atomic mass is 32.2. The van der Waals surface area contributed by atoms with Crippen molar-refractivity contribution in [2.45, 2.75) is 36.8 Å². The van der Waals surface area contributed by atoms with Gasteiger partial charge in [0.2, 0.25) is 0 Å². The van der Waals surface area contributed by atoms with Crippen molar-refractivity contribution in [1.82, 2.24) is 0 Å². The molecule has 1 N–H and O–H groups in total. The van der Waals surface area contributed by atoms with Crippen molar-refractivity contribution >= 4 is 17.7 Å². The van der Waals surface area contributed by atoms with E-state index in [2.05, 4.69) is 20.8 Å². The van der Waals surface area contributed by atoms with Gasteiger partial charge in [0.1, 0.15) is 0 Å². The number of aromatic carboxylic acids is 1. The maximum absolute atomic E-state index is 10.8. The van der Waals surface area contributed by atoms with E-state index >= 15 is 0 Å². The van der Waals surface area contributed by atoms with E-state index in [1.54, 1.807) is 30.0 Å². The molecule has 0 fully saturated rings. The van der Waals surface area contributed by atoms with E-state index in [-0.39, 0.29) is 4.75 Å². The van der Waals surface area contributed by atoms with Gasteiger partial charge in [0.25, 0.3) is 0 Å². The SMILES string of the molecule is CCC(C)(C)Sc1cccc(C(=O)O)c1. The minimum atomic E-state index is -0.869. The average Bonchev–Trinajstić information content (AvgIpc) is 2.17. The Morgan fingerprint density at radius 1 is 1.47 bits per heavy atom. The second kappa shape index (κ2) is 4.71. The van der Waals surface area contributed by atoms with Crippen LogP contribution in [0.4, 0.5) is 0 Å². The third-order valence-electron chi connectivity index (χ3n) is 2.33. The summed E-state index contributed by atoms with van der Waals surface area (Å²) in [5.41, 5.74) is 0.354. The summed E-state index contributed by atoms with van der Waals surface area (Å²) in [5, 5.41) is 8.86. The molecule has 0 radical (unpaired) electrons. The number of carboxylic acid groups (broad SMARTS) is 1. The molecule has 0 heterocycles. The zero-order valence-corrected chi connectivity index (χ0v) is 10.1. The Balaban J connectivity index is 2.87. The van der Waals surface area contributed by atoms with E-state index in [0.29, 0.717) is 5.56 Å². The van der Waals surface area contributed by atoms with Crippen LogP contribution in [-0.4, -0.2) is 15.8 Å². The number of thioether (sulfide) groups is 1. The number of hydrogen-bond acceptors (Lipinski definition) is 2. The fourth-order valence-corrected chi connectivity index (χ4v) is 2.20. The van der Waals surface area contributed by atoms with Gasteiger partial charge in [-0.15, -0.1) is 11.8 Å². The molecule has 0 aliphatic rings. The van der Waals surface area contributed by atoms with Crippen molar-refractivity contribution < 1.29 is 9.90 Å². The van der Waals surface area contributed by atoms with Crippen LogP contribution in [0, 0.1) is 0 Å². The predicted molar refractivity (Wildman–Crippen MR) is 63.6 cm³/mol. The summed E-state index contributed by atoms with van der Waals surface area (Å²) in [5.74, 6) is -0.869. The summed E-state index contributed by atoms with van der Waals surface area (Å²) in [6, 6.07) is 7.09. The van der Waals surface area contributed by atoms with Crippen molar-refractivity contribution in [2.24, 2.45) is 0 Å². The first kappa shape index (κ1) is 12.1. The van der Waals surface area contributed by atoms with Crippen LogP contribution in [0.1, 0.15) is 37.6 Å². The van der Waals surface area contributed by atoms with Crippen molar-refractivity contribution in [3.05, 3.63) is 29.8 Å². The van der Waals surface area contributed by atoms with Crippen LogP contribution in [0.15, 0.2) is 29.2 Å². The number of hydrogen-bond donors (Lipinski definition) is 1. The third kappa shape index (κ3) is 3.59. The molecule has 1 aromatic carbocycles.